The van der Waals surface area contributed by atoms with Gasteiger partial charge in [0, 0.05) is 0 Å². The molecule has 0 nitrogen and oxygen atoms in total. The lowest BCUT2D eigenvalue weighted by Gasteiger charge is -2.12. The maximum Gasteiger partial charge on any atom is -0.0269 e. The molecule has 0 aromatic rings. The van der Waals surface area contributed by atoms with Gasteiger partial charge in [-0.25, -0.2) is 0 Å². The summed E-state index contributed by atoms with van der Waals surface area (Å²) in [6.45, 7) is 6.97. The molecule has 0 aromatic carbocycles. The fraction of sp³-hybridized carbons (Fsp3) is 0.889. The molecule has 0 bridgehead atoms. The minimum absolute atomic E-state index is 0.905. The lowest BCUT2D eigenvalue weighted by molar-refractivity contribution is 0.399. The van der Waals surface area contributed by atoms with Crippen molar-refractivity contribution in [3.05, 3.63) is 5.92 Å². The molecule has 0 aliphatic heterocycles. The van der Waals surface area contributed by atoms with Crippen LogP contribution >= 0.6 is 0 Å². The van der Waals surface area contributed by atoms with Crippen LogP contribution in [0.25, 0.3) is 0 Å². The molecule has 0 N–H and O–H groups in total. The first-order valence-electron chi connectivity index (χ1n) is 4.01. The Morgan fingerprint density at radius 2 is 2.11 bits per heavy atom. The molecule has 1 rings (SSSR count). The fourth-order valence-electron chi connectivity index (χ4n) is 1.65. The van der Waals surface area contributed by atoms with Crippen LogP contribution in [-0.2, 0) is 0 Å². The largest absolute Gasteiger partial charge is 0.0625 e. The van der Waals surface area contributed by atoms with Crippen LogP contribution in [0.5, 0.6) is 0 Å². The molecule has 53 valence electrons. The van der Waals surface area contributed by atoms with Crippen LogP contribution in [0.1, 0.15) is 40.0 Å². The second-order valence-corrected chi connectivity index (χ2v) is 3.70. The van der Waals surface area contributed by atoms with Crippen LogP contribution in [0, 0.1) is 17.8 Å². The first-order chi connectivity index (χ1) is 4.20. The molecule has 1 radical (unpaired) electrons. The summed E-state index contributed by atoms with van der Waals surface area (Å²) in [5.74, 6) is 3.63. The van der Waals surface area contributed by atoms with Gasteiger partial charge in [-0.15, -0.1) is 0 Å². The highest BCUT2D eigenvalue weighted by Gasteiger charge is 2.23. The van der Waals surface area contributed by atoms with Crippen molar-refractivity contribution in [3.63, 3.8) is 0 Å². The number of hydrogen-bond donors (Lipinski definition) is 0. The van der Waals surface area contributed by atoms with Crippen molar-refractivity contribution in [1.82, 2.24) is 0 Å². The minimum Gasteiger partial charge on any atom is -0.0625 e. The van der Waals surface area contributed by atoms with Crippen molar-refractivity contribution in [2.24, 2.45) is 11.8 Å². The molecule has 1 unspecified atom stereocenters. The SMILES string of the molecule is C[C]1CCC(C(C)C)C1. The van der Waals surface area contributed by atoms with E-state index in [9.17, 15) is 0 Å². The van der Waals surface area contributed by atoms with E-state index in [1.165, 1.54) is 19.3 Å². The molecule has 1 saturated carbocycles. The van der Waals surface area contributed by atoms with E-state index in [4.69, 9.17) is 0 Å². The van der Waals surface area contributed by atoms with Crippen LogP contribution in [0.15, 0.2) is 0 Å². The van der Waals surface area contributed by atoms with E-state index >= 15 is 0 Å². The lowest BCUT2D eigenvalue weighted by Crippen LogP contribution is -2.02. The topological polar surface area (TPSA) is 0 Å². The molecule has 1 atom stereocenters. The molecule has 0 heterocycles. The quantitative estimate of drug-likeness (QED) is 0.505. The smallest absolute Gasteiger partial charge is 0.0269 e. The third-order valence-electron chi connectivity index (χ3n) is 2.50. The van der Waals surface area contributed by atoms with Gasteiger partial charge in [0.25, 0.3) is 0 Å². The van der Waals surface area contributed by atoms with Crippen molar-refractivity contribution < 1.29 is 0 Å². The Morgan fingerprint density at radius 1 is 1.44 bits per heavy atom. The third kappa shape index (κ3) is 1.70. The molecule has 0 amide bonds. The Morgan fingerprint density at radius 3 is 2.33 bits per heavy atom. The van der Waals surface area contributed by atoms with E-state index in [0.717, 1.165) is 11.8 Å². The summed E-state index contributed by atoms with van der Waals surface area (Å²) < 4.78 is 0. The highest BCUT2D eigenvalue weighted by atomic mass is 14.3. The molecule has 9 heavy (non-hydrogen) atoms. The Balaban J connectivity index is 2.30. The predicted molar refractivity (Wildman–Crippen MR) is 41.1 cm³/mol. The van der Waals surface area contributed by atoms with Gasteiger partial charge in [-0.1, -0.05) is 20.8 Å². The molecule has 1 aliphatic rings. The zero-order valence-corrected chi connectivity index (χ0v) is 6.78. The van der Waals surface area contributed by atoms with E-state index in [1.807, 2.05) is 0 Å². The van der Waals surface area contributed by atoms with Crippen LogP contribution in [0.3, 0.4) is 0 Å². The van der Waals surface area contributed by atoms with Crippen LogP contribution < -0.4 is 0 Å². The van der Waals surface area contributed by atoms with E-state index < -0.39 is 0 Å². The molecule has 0 saturated heterocycles. The van der Waals surface area contributed by atoms with Gasteiger partial charge in [-0.05, 0) is 37.0 Å². The zero-order chi connectivity index (χ0) is 6.85. The van der Waals surface area contributed by atoms with Crippen molar-refractivity contribution in [1.29, 1.82) is 0 Å². The standard InChI is InChI=1S/C9H17/c1-7(2)9-5-4-8(3)6-9/h7,9H,4-6H2,1-3H3. The van der Waals surface area contributed by atoms with Crippen LogP contribution in [0.2, 0.25) is 0 Å². The Kier molecular flexibility index (Phi) is 2.15. The van der Waals surface area contributed by atoms with Gasteiger partial charge in [0.05, 0.1) is 0 Å². The average molecular weight is 125 g/mol. The first kappa shape index (κ1) is 7.11. The van der Waals surface area contributed by atoms with Crippen molar-refractivity contribution in [2.45, 2.75) is 40.0 Å². The second-order valence-electron chi connectivity index (χ2n) is 3.70. The minimum atomic E-state index is 0.905. The highest BCUT2D eigenvalue weighted by Crippen LogP contribution is 2.36. The van der Waals surface area contributed by atoms with Gasteiger partial charge in [0.15, 0.2) is 0 Å². The predicted octanol–water partition coefficient (Wildman–Crippen LogP) is 3.04. The molecule has 0 heteroatoms. The summed E-state index contributed by atoms with van der Waals surface area (Å²) in [6, 6.07) is 0. The van der Waals surface area contributed by atoms with E-state index in [2.05, 4.69) is 20.8 Å². The molecular formula is C9H17. The van der Waals surface area contributed by atoms with E-state index in [0.29, 0.717) is 0 Å². The van der Waals surface area contributed by atoms with E-state index in [1.54, 1.807) is 5.92 Å². The zero-order valence-electron chi connectivity index (χ0n) is 6.78. The summed E-state index contributed by atoms with van der Waals surface area (Å²) in [7, 11) is 0. The van der Waals surface area contributed by atoms with Crippen molar-refractivity contribution in [3.8, 4) is 0 Å². The molecular weight excluding hydrogens is 108 g/mol. The summed E-state index contributed by atoms with van der Waals surface area (Å²) in [5.41, 5.74) is 0. The Labute approximate surface area is 58.7 Å². The Hall–Kier alpha value is 0. The fourth-order valence-corrected chi connectivity index (χ4v) is 1.65. The number of rotatable bonds is 1. The van der Waals surface area contributed by atoms with Gasteiger partial charge in [0.2, 0.25) is 0 Å². The number of hydrogen-bond acceptors (Lipinski definition) is 0. The first-order valence-corrected chi connectivity index (χ1v) is 4.01. The Bertz CT molecular complexity index is 84.0. The summed E-state index contributed by atoms with van der Waals surface area (Å²) in [6.07, 6.45) is 4.24. The van der Waals surface area contributed by atoms with Crippen LogP contribution in [-0.4, -0.2) is 0 Å². The third-order valence-corrected chi connectivity index (χ3v) is 2.50. The normalized spacial score (nSPS) is 30.0. The molecule has 1 fully saturated rings. The average Bonchev–Trinajstić information content (AvgIpc) is 2.14. The van der Waals surface area contributed by atoms with Gasteiger partial charge in [-0.2, -0.15) is 0 Å². The van der Waals surface area contributed by atoms with Gasteiger partial charge in [-0.3, -0.25) is 0 Å². The monoisotopic (exact) mass is 125 g/mol. The highest BCUT2D eigenvalue weighted by molar-refractivity contribution is 4.94. The molecule has 0 aromatic heterocycles. The van der Waals surface area contributed by atoms with Crippen molar-refractivity contribution >= 4 is 0 Å². The van der Waals surface area contributed by atoms with Crippen molar-refractivity contribution in [2.75, 3.05) is 0 Å². The summed E-state index contributed by atoms with van der Waals surface area (Å²) in [4.78, 5) is 0. The molecule has 1 aliphatic carbocycles. The van der Waals surface area contributed by atoms with Crippen LogP contribution in [0.4, 0.5) is 0 Å². The summed E-state index contributed by atoms with van der Waals surface area (Å²) >= 11 is 0. The molecule has 0 spiro atoms. The summed E-state index contributed by atoms with van der Waals surface area (Å²) in [5, 5.41) is 0. The van der Waals surface area contributed by atoms with Gasteiger partial charge < -0.3 is 0 Å². The van der Waals surface area contributed by atoms with E-state index in [-0.39, 0.29) is 0 Å². The van der Waals surface area contributed by atoms with Gasteiger partial charge >= 0.3 is 0 Å². The second kappa shape index (κ2) is 2.72. The maximum absolute atomic E-state index is 2.34. The maximum atomic E-state index is 2.34. The van der Waals surface area contributed by atoms with Gasteiger partial charge in [0.1, 0.15) is 0 Å². The lowest BCUT2D eigenvalue weighted by atomic mass is 9.94.